The van der Waals surface area contributed by atoms with Crippen molar-refractivity contribution in [3.63, 3.8) is 0 Å². The van der Waals surface area contributed by atoms with Crippen molar-refractivity contribution in [2.45, 2.75) is 25.7 Å². The van der Waals surface area contributed by atoms with E-state index in [4.69, 9.17) is 0 Å². The van der Waals surface area contributed by atoms with Crippen molar-refractivity contribution in [2.75, 3.05) is 10.6 Å². The van der Waals surface area contributed by atoms with E-state index in [9.17, 15) is 19.5 Å². The molecule has 3 aromatic rings. The summed E-state index contributed by atoms with van der Waals surface area (Å²) < 4.78 is 0. The zero-order valence-corrected chi connectivity index (χ0v) is 17.0. The van der Waals surface area contributed by atoms with Crippen molar-refractivity contribution in [2.24, 2.45) is 0 Å². The first-order valence-corrected chi connectivity index (χ1v) is 10.0. The van der Waals surface area contributed by atoms with Crippen molar-refractivity contribution in [1.29, 1.82) is 0 Å². The number of hydrogen-bond acceptors (Lipinski definition) is 4. The first-order chi connectivity index (χ1) is 15.0. The van der Waals surface area contributed by atoms with E-state index in [2.05, 4.69) is 10.6 Å². The molecule has 3 aromatic carbocycles. The van der Waals surface area contributed by atoms with Crippen LogP contribution in [0.3, 0.4) is 0 Å². The summed E-state index contributed by atoms with van der Waals surface area (Å²) in [5.74, 6) is -1.87. The van der Waals surface area contributed by atoms with Gasteiger partial charge in [0.2, 0.25) is 11.8 Å². The molecule has 0 radical (unpaired) electrons. The van der Waals surface area contributed by atoms with Crippen LogP contribution in [0.5, 0.6) is 0 Å². The number of amides is 2. The molecule has 0 unspecified atom stereocenters. The van der Waals surface area contributed by atoms with Crippen molar-refractivity contribution in [3.05, 3.63) is 95.6 Å². The average Bonchev–Trinajstić information content (AvgIpc) is 2.79. The van der Waals surface area contributed by atoms with Crippen LogP contribution in [-0.4, -0.2) is 17.8 Å². The lowest BCUT2D eigenvalue weighted by Crippen LogP contribution is -2.23. The van der Waals surface area contributed by atoms with Crippen molar-refractivity contribution in [1.82, 2.24) is 0 Å². The number of carbonyl (C=O) groups excluding carboxylic acids is 3. The lowest BCUT2D eigenvalue weighted by atomic mass is 10.1. The number of rotatable bonds is 9. The minimum absolute atomic E-state index is 0.0827. The number of hydrogen-bond donors (Lipinski definition) is 2. The smallest absolute Gasteiger partial charge is 0.224 e. The molecule has 2 N–H and O–H groups in total. The summed E-state index contributed by atoms with van der Waals surface area (Å²) in [6, 6.07) is 23.3. The van der Waals surface area contributed by atoms with E-state index >= 15 is 0 Å². The van der Waals surface area contributed by atoms with E-state index in [-0.39, 0.29) is 35.9 Å². The standard InChI is InChI=1S/C25H24N2O4/c28-23(15-11-18-7-3-1-4-8-18)26-21-14-13-20(25(30)31)17-22(21)27-24(29)16-12-19-9-5-2-6-10-19/h1-10,13-14,17H,11-12,15-16H2,(H,26,28)(H,27,29)(H,30,31)/p-1. The molecule has 158 valence electrons. The molecule has 0 bridgehead atoms. The van der Waals surface area contributed by atoms with Gasteiger partial charge in [-0.05, 0) is 41.7 Å². The minimum Gasteiger partial charge on any atom is -0.545 e. The molecule has 0 spiro atoms. The summed E-state index contributed by atoms with van der Waals surface area (Å²) in [5.41, 5.74) is 2.56. The number of nitrogens with one attached hydrogen (secondary N) is 2. The fourth-order valence-electron chi connectivity index (χ4n) is 3.11. The van der Waals surface area contributed by atoms with E-state index in [0.717, 1.165) is 11.1 Å². The monoisotopic (exact) mass is 415 g/mol. The normalized spacial score (nSPS) is 10.3. The van der Waals surface area contributed by atoms with Crippen LogP contribution < -0.4 is 15.7 Å². The van der Waals surface area contributed by atoms with Crippen LogP contribution in [0, 0.1) is 0 Å². The van der Waals surface area contributed by atoms with Gasteiger partial charge in [-0.3, -0.25) is 9.59 Å². The lowest BCUT2D eigenvalue weighted by molar-refractivity contribution is -0.255. The number of carboxylic acid groups (broad SMARTS) is 1. The Kier molecular flexibility index (Phi) is 7.54. The minimum atomic E-state index is -1.36. The maximum atomic E-state index is 12.4. The molecule has 31 heavy (non-hydrogen) atoms. The Balaban J connectivity index is 1.65. The molecule has 0 atom stereocenters. The van der Waals surface area contributed by atoms with Crippen molar-refractivity contribution < 1.29 is 19.5 Å². The molecule has 0 heterocycles. The summed E-state index contributed by atoms with van der Waals surface area (Å²) >= 11 is 0. The first-order valence-electron chi connectivity index (χ1n) is 10.0. The summed E-state index contributed by atoms with van der Waals surface area (Å²) in [7, 11) is 0. The zero-order chi connectivity index (χ0) is 22.1. The van der Waals surface area contributed by atoms with Gasteiger partial charge >= 0.3 is 0 Å². The third kappa shape index (κ3) is 6.82. The molecule has 2 amide bonds. The Morgan fingerprint density at radius 2 is 1.13 bits per heavy atom. The number of aromatic carboxylic acids is 1. The molecule has 0 aliphatic rings. The van der Waals surface area contributed by atoms with Gasteiger partial charge in [-0.1, -0.05) is 66.7 Å². The van der Waals surface area contributed by atoms with Gasteiger partial charge in [0, 0.05) is 12.8 Å². The molecule has 3 rings (SSSR count). The van der Waals surface area contributed by atoms with E-state index in [1.165, 1.54) is 18.2 Å². The average molecular weight is 415 g/mol. The predicted octanol–water partition coefficient (Wildman–Crippen LogP) is 3.19. The van der Waals surface area contributed by atoms with Crippen molar-refractivity contribution >= 4 is 29.2 Å². The number of carbonyl (C=O) groups is 3. The van der Waals surface area contributed by atoms with Gasteiger partial charge in [0.25, 0.3) is 0 Å². The Hall–Kier alpha value is -3.93. The molecular formula is C25H23N2O4-. The first kappa shape index (κ1) is 21.8. The van der Waals surface area contributed by atoms with E-state index in [1.54, 1.807) is 0 Å². The summed E-state index contributed by atoms with van der Waals surface area (Å²) in [5, 5.41) is 16.7. The highest BCUT2D eigenvalue weighted by atomic mass is 16.4. The summed E-state index contributed by atoms with van der Waals surface area (Å²) in [6.45, 7) is 0. The zero-order valence-electron chi connectivity index (χ0n) is 17.0. The van der Waals surface area contributed by atoms with Gasteiger partial charge in [0.15, 0.2) is 0 Å². The van der Waals surface area contributed by atoms with Gasteiger partial charge in [0.1, 0.15) is 0 Å². The largest absolute Gasteiger partial charge is 0.545 e. The molecular weight excluding hydrogens is 392 g/mol. The second-order valence-corrected chi connectivity index (χ2v) is 7.12. The SMILES string of the molecule is O=C(CCc1ccccc1)Nc1ccc(C(=O)[O-])cc1NC(=O)CCc1ccccc1. The molecule has 6 nitrogen and oxygen atoms in total. The highest BCUT2D eigenvalue weighted by molar-refractivity contribution is 6.01. The third-order valence-electron chi connectivity index (χ3n) is 4.77. The molecule has 0 saturated heterocycles. The second-order valence-electron chi connectivity index (χ2n) is 7.12. The van der Waals surface area contributed by atoms with Crippen LogP contribution in [-0.2, 0) is 22.4 Å². The van der Waals surface area contributed by atoms with Gasteiger partial charge in [0.05, 0.1) is 17.3 Å². The van der Waals surface area contributed by atoms with Crippen LogP contribution in [0.2, 0.25) is 0 Å². The third-order valence-corrected chi connectivity index (χ3v) is 4.77. The van der Waals surface area contributed by atoms with Gasteiger partial charge < -0.3 is 20.5 Å². The van der Waals surface area contributed by atoms with Crippen LogP contribution in [0.1, 0.15) is 34.3 Å². The fraction of sp³-hybridized carbons (Fsp3) is 0.160. The maximum absolute atomic E-state index is 12.4. The van der Waals surface area contributed by atoms with Crippen molar-refractivity contribution in [3.8, 4) is 0 Å². The quantitative estimate of drug-likeness (QED) is 0.561. The van der Waals surface area contributed by atoms with Crippen LogP contribution in [0.4, 0.5) is 11.4 Å². The van der Waals surface area contributed by atoms with Crippen LogP contribution in [0.25, 0.3) is 0 Å². The molecule has 0 fully saturated rings. The second kappa shape index (κ2) is 10.7. The van der Waals surface area contributed by atoms with Gasteiger partial charge in [-0.15, -0.1) is 0 Å². The molecule has 0 aliphatic carbocycles. The van der Waals surface area contributed by atoms with E-state index in [0.29, 0.717) is 18.5 Å². The Morgan fingerprint density at radius 1 is 0.645 bits per heavy atom. The molecule has 6 heteroatoms. The van der Waals surface area contributed by atoms with Crippen LogP contribution >= 0.6 is 0 Å². The van der Waals surface area contributed by atoms with Crippen LogP contribution in [0.15, 0.2) is 78.9 Å². The number of carboxylic acids is 1. The molecule has 0 aromatic heterocycles. The summed E-state index contributed by atoms with van der Waals surface area (Å²) in [6.07, 6.45) is 1.60. The Morgan fingerprint density at radius 3 is 1.61 bits per heavy atom. The van der Waals surface area contributed by atoms with E-state index in [1.807, 2.05) is 60.7 Å². The summed E-state index contributed by atoms with van der Waals surface area (Å²) in [4.78, 5) is 36.1. The Labute approximate surface area is 180 Å². The predicted molar refractivity (Wildman–Crippen MR) is 118 cm³/mol. The lowest BCUT2D eigenvalue weighted by Gasteiger charge is -2.15. The fourth-order valence-corrected chi connectivity index (χ4v) is 3.11. The number of aryl methyl sites for hydroxylation is 2. The topological polar surface area (TPSA) is 98.3 Å². The van der Waals surface area contributed by atoms with Gasteiger partial charge in [-0.25, -0.2) is 0 Å². The molecule has 0 aliphatic heterocycles. The number of benzene rings is 3. The molecule has 0 saturated carbocycles. The number of anilines is 2. The highest BCUT2D eigenvalue weighted by Gasteiger charge is 2.12. The highest BCUT2D eigenvalue weighted by Crippen LogP contribution is 2.24. The Bertz CT molecular complexity index is 1050. The van der Waals surface area contributed by atoms with Gasteiger partial charge in [-0.2, -0.15) is 0 Å². The maximum Gasteiger partial charge on any atom is 0.224 e. The van der Waals surface area contributed by atoms with E-state index < -0.39 is 5.97 Å².